The van der Waals surface area contributed by atoms with Crippen molar-refractivity contribution in [1.82, 2.24) is 0 Å². The zero-order valence-corrected chi connectivity index (χ0v) is 25.7. The molecule has 0 aromatic heterocycles. The molecule has 1 nitrogen and oxygen atoms in total. The highest BCUT2D eigenvalue weighted by atomic mass is 16.3. The van der Waals surface area contributed by atoms with Gasteiger partial charge in [0, 0.05) is 6.61 Å². The van der Waals surface area contributed by atoms with Crippen molar-refractivity contribution < 1.29 is 5.11 Å². The summed E-state index contributed by atoms with van der Waals surface area (Å²) in [5.41, 5.74) is 11.5. The van der Waals surface area contributed by atoms with Crippen molar-refractivity contribution in [3.63, 3.8) is 0 Å². The molecule has 0 bridgehead atoms. The molecule has 1 saturated carbocycles. The lowest BCUT2D eigenvalue weighted by Crippen LogP contribution is -2.23. The molecule has 0 amide bonds. The fourth-order valence-corrected chi connectivity index (χ4v) is 7.77. The fourth-order valence-electron chi connectivity index (χ4n) is 7.77. The molecular weight excluding hydrogens is 496 g/mol. The molecule has 3 aromatic rings. The molecule has 1 heteroatoms. The average Bonchev–Trinajstić information content (AvgIpc) is 3.00. The SMILES string of the molecule is C=C(C)CC(CCO)C1CCC(CCc2ccc(C3CCc4cc(-c5ccc(CCC)cc5)ccc4C3)cc2)CC1. The van der Waals surface area contributed by atoms with Crippen LogP contribution in [-0.4, -0.2) is 11.7 Å². The van der Waals surface area contributed by atoms with Crippen LogP contribution in [-0.2, 0) is 25.7 Å². The standard InChI is InChI=1S/C40H52O/c1-4-5-30-8-14-33(15-9-30)36-20-22-39-28-37(21-23-38(39)27-36)34-16-10-31(11-17-34)6-7-32-12-18-35(19-13-32)40(24-25-41)26-29(2)3/h8-11,14-17,20,22,27,32,35,37,40-41H,2,4-7,12-13,18-19,21,23-26,28H2,1,3H3. The van der Waals surface area contributed by atoms with Crippen LogP contribution in [0, 0.1) is 17.8 Å². The zero-order valence-electron chi connectivity index (χ0n) is 25.7. The van der Waals surface area contributed by atoms with Crippen molar-refractivity contribution in [2.75, 3.05) is 6.61 Å². The van der Waals surface area contributed by atoms with E-state index in [9.17, 15) is 5.11 Å². The van der Waals surface area contributed by atoms with Gasteiger partial charge in [-0.15, -0.1) is 6.58 Å². The van der Waals surface area contributed by atoms with E-state index in [1.165, 1.54) is 96.7 Å². The molecule has 0 saturated heterocycles. The van der Waals surface area contributed by atoms with E-state index in [0.717, 1.165) is 37.5 Å². The quantitative estimate of drug-likeness (QED) is 0.223. The number of aliphatic hydroxyl groups is 1. The minimum absolute atomic E-state index is 0.316. The van der Waals surface area contributed by atoms with Crippen LogP contribution in [0.3, 0.4) is 0 Å². The van der Waals surface area contributed by atoms with E-state index >= 15 is 0 Å². The molecule has 0 radical (unpaired) electrons. The van der Waals surface area contributed by atoms with Crippen LogP contribution in [0.15, 0.2) is 78.9 Å². The summed E-state index contributed by atoms with van der Waals surface area (Å²) in [6, 6.07) is 26.0. The maximum absolute atomic E-state index is 9.53. The molecule has 2 unspecified atom stereocenters. The number of hydrogen-bond acceptors (Lipinski definition) is 1. The maximum atomic E-state index is 9.53. The molecule has 5 rings (SSSR count). The number of fused-ring (bicyclic) bond motifs is 1. The van der Waals surface area contributed by atoms with Crippen molar-refractivity contribution in [3.05, 3.63) is 107 Å². The predicted octanol–water partition coefficient (Wildman–Crippen LogP) is 10.3. The number of aryl methyl sites for hydroxylation is 3. The van der Waals surface area contributed by atoms with Gasteiger partial charge in [0.15, 0.2) is 0 Å². The Morgan fingerprint density at radius 2 is 1.51 bits per heavy atom. The second-order valence-corrected chi connectivity index (χ2v) is 13.4. The van der Waals surface area contributed by atoms with Crippen molar-refractivity contribution in [1.29, 1.82) is 0 Å². The first kappa shape index (κ1) is 29.8. The second-order valence-electron chi connectivity index (χ2n) is 13.4. The van der Waals surface area contributed by atoms with E-state index in [0.29, 0.717) is 18.4 Å². The van der Waals surface area contributed by atoms with Crippen LogP contribution in [0.4, 0.5) is 0 Å². The molecule has 2 atom stereocenters. The van der Waals surface area contributed by atoms with Crippen LogP contribution >= 0.6 is 0 Å². The molecule has 3 aromatic carbocycles. The topological polar surface area (TPSA) is 20.2 Å². The molecule has 0 aliphatic heterocycles. The van der Waals surface area contributed by atoms with Crippen LogP contribution in [0.5, 0.6) is 0 Å². The van der Waals surface area contributed by atoms with Crippen molar-refractivity contribution >= 4 is 0 Å². The second kappa shape index (κ2) is 14.5. The molecule has 1 N–H and O–H groups in total. The normalized spacial score (nSPS) is 21.3. The summed E-state index contributed by atoms with van der Waals surface area (Å²) in [5.74, 6) is 2.90. The minimum Gasteiger partial charge on any atom is -0.396 e. The average molecular weight is 549 g/mol. The van der Waals surface area contributed by atoms with Gasteiger partial charge in [0.25, 0.3) is 0 Å². The van der Waals surface area contributed by atoms with E-state index in [1.807, 2.05) is 0 Å². The summed E-state index contributed by atoms with van der Waals surface area (Å²) >= 11 is 0. The lowest BCUT2D eigenvalue weighted by molar-refractivity contribution is 0.161. The van der Waals surface area contributed by atoms with Gasteiger partial charge in [-0.25, -0.2) is 0 Å². The summed E-state index contributed by atoms with van der Waals surface area (Å²) in [5, 5.41) is 9.53. The summed E-state index contributed by atoms with van der Waals surface area (Å²) in [4.78, 5) is 0. The highest BCUT2D eigenvalue weighted by molar-refractivity contribution is 5.65. The Morgan fingerprint density at radius 1 is 0.829 bits per heavy atom. The first-order valence-corrected chi connectivity index (χ1v) is 16.6. The molecule has 41 heavy (non-hydrogen) atoms. The van der Waals surface area contributed by atoms with Gasteiger partial charge in [-0.2, -0.15) is 0 Å². The maximum Gasteiger partial charge on any atom is 0.0433 e. The third-order valence-electron chi connectivity index (χ3n) is 10.2. The zero-order chi connectivity index (χ0) is 28.6. The Kier molecular flexibility index (Phi) is 10.6. The Labute approximate surface area is 250 Å². The van der Waals surface area contributed by atoms with Crippen molar-refractivity contribution in [2.24, 2.45) is 17.8 Å². The molecule has 2 aliphatic carbocycles. The summed E-state index contributed by atoms with van der Waals surface area (Å²) in [6.45, 7) is 8.83. The van der Waals surface area contributed by atoms with E-state index < -0.39 is 0 Å². The van der Waals surface area contributed by atoms with E-state index in [2.05, 4.69) is 87.2 Å². The van der Waals surface area contributed by atoms with Gasteiger partial charge >= 0.3 is 0 Å². The molecule has 1 fully saturated rings. The highest BCUT2D eigenvalue weighted by Crippen LogP contribution is 2.39. The molecule has 218 valence electrons. The van der Waals surface area contributed by atoms with Gasteiger partial charge in [0.1, 0.15) is 0 Å². The number of hydrogen-bond donors (Lipinski definition) is 1. The minimum atomic E-state index is 0.316. The monoisotopic (exact) mass is 548 g/mol. The van der Waals surface area contributed by atoms with E-state index in [4.69, 9.17) is 0 Å². The molecule has 0 heterocycles. The molecule has 0 spiro atoms. The number of aliphatic hydroxyl groups excluding tert-OH is 1. The van der Waals surface area contributed by atoms with Crippen LogP contribution in [0.2, 0.25) is 0 Å². The summed E-state index contributed by atoms with van der Waals surface area (Å²) in [7, 11) is 0. The summed E-state index contributed by atoms with van der Waals surface area (Å²) in [6.07, 6.45) is 15.9. The number of rotatable bonds is 12. The van der Waals surface area contributed by atoms with Crippen molar-refractivity contribution in [2.45, 2.75) is 103 Å². The lowest BCUT2D eigenvalue weighted by Gasteiger charge is -2.34. The lowest BCUT2D eigenvalue weighted by atomic mass is 9.72. The van der Waals surface area contributed by atoms with E-state index in [-0.39, 0.29) is 0 Å². The van der Waals surface area contributed by atoms with Gasteiger partial charge in [0.2, 0.25) is 0 Å². The van der Waals surface area contributed by atoms with Crippen LogP contribution in [0.1, 0.15) is 105 Å². The predicted molar refractivity (Wildman–Crippen MR) is 175 cm³/mol. The van der Waals surface area contributed by atoms with Gasteiger partial charge in [0.05, 0.1) is 0 Å². The largest absolute Gasteiger partial charge is 0.396 e. The Hall–Kier alpha value is -2.64. The molecular formula is C40H52O. The van der Waals surface area contributed by atoms with Gasteiger partial charge < -0.3 is 5.11 Å². The van der Waals surface area contributed by atoms with Gasteiger partial charge in [-0.05, 0) is 134 Å². The number of allylic oxidation sites excluding steroid dienone is 1. The fraction of sp³-hybridized carbons (Fsp3) is 0.500. The smallest absolute Gasteiger partial charge is 0.0433 e. The van der Waals surface area contributed by atoms with Crippen molar-refractivity contribution in [3.8, 4) is 11.1 Å². The third kappa shape index (κ3) is 8.01. The first-order valence-electron chi connectivity index (χ1n) is 16.6. The Morgan fingerprint density at radius 3 is 2.20 bits per heavy atom. The third-order valence-corrected chi connectivity index (χ3v) is 10.2. The molecule has 2 aliphatic rings. The highest BCUT2D eigenvalue weighted by Gasteiger charge is 2.27. The van der Waals surface area contributed by atoms with Crippen LogP contribution < -0.4 is 0 Å². The first-order chi connectivity index (χ1) is 20.0. The van der Waals surface area contributed by atoms with E-state index in [1.54, 1.807) is 5.56 Å². The van der Waals surface area contributed by atoms with Crippen LogP contribution in [0.25, 0.3) is 11.1 Å². The Balaban J connectivity index is 1.11. The van der Waals surface area contributed by atoms with Gasteiger partial charge in [-0.1, -0.05) is 98.5 Å². The van der Waals surface area contributed by atoms with Gasteiger partial charge in [-0.3, -0.25) is 0 Å². The summed E-state index contributed by atoms with van der Waals surface area (Å²) < 4.78 is 0. The Bertz CT molecular complexity index is 1240. The number of benzene rings is 3.